The van der Waals surface area contributed by atoms with Crippen LogP contribution in [0.5, 0.6) is 23.0 Å². The molecule has 1 saturated heterocycles. The number of nitrogens with zero attached hydrogens (tertiary/aromatic N) is 4. The Hall–Kier alpha value is -7.71. The molecule has 1 aliphatic carbocycles. The van der Waals surface area contributed by atoms with Crippen molar-refractivity contribution in [1.29, 1.82) is 0 Å². The monoisotopic (exact) mass is 1180 g/mol. The van der Waals surface area contributed by atoms with Gasteiger partial charge in [0, 0.05) is 56.2 Å². The molecule has 3 aromatic carbocycles. The third-order valence-corrected chi connectivity index (χ3v) is 22.0. The second kappa shape index (κ2) is 25.5. The number of ether oxygens (including phenoxy) is 6. The molecule has 1 aromatic heterocycles. The zero-order valence-corrected chi connectivity index (χ0v) is 52.0. The van der Waals surface area contributed by atoms with Crippen molar-refractivity contribution in [3.63, 3.8) is 0 Å². The Labute approximate surface area is 499 Å². The summed E-state index contributed by atoms with van der Waals surface area (Å²) in [4.78, 5) is 92.8. The summed E-state index contributed by atoms with van der Waals surface area (Å²) in [5.74, 6) is -0.915. The number of nitrogens with one attached hydrogen (secondary N) is 2. The van der Waals surface area contributed by atoms with Gasteiger partial charge in [0.05, 0.1) is 80.4 Å². The third kappa shape index (κ3) is 13.7. The van der Waals surface area contributed by atoms with E-state index in [9.17, 15) is 19.2 Å². The molecule has 4 aromatic rings. The van der Waals surface area contributed by atoms with Gasteiger partial charge in [-0.05, 0) is 109 Å². The Bertz CT molecular complexity index is 3230. The zero-order valence-electron chi connectivity index (χ0n) is 51.0. The van der Waals surface area contributed by atoms with E-state index in [1.165, 1.54) is 25.2 Å². The zero-order chi connectivity index (χ0) is 61.1. The SMILES string of the molecule is C=CCOC(=O)C[C@H](C(=O)N[C@@H](C)C(=O)Cc1ccc(COC(=O)N2c3cc(OCCCOc4cc5c(cc4OC)C(=O)N4C=C(c6ccc(C)nc6)C[C@H]4CN5)c(OC)cc3C(=O)N3CC4(CC4)C[C@H]3C2O[Si](C)(C)C(C)(C)C)cc1)C(C)C. The minimum atomic E-state index is -2.68. The Balaban J connectivity index is 0.906. The molecule has 4 amide bonds. The Morgan fingerprint density at radius 2 is 1.55 bits per heavy atom. The summed E-state index contributed by atoms with van der Waals surface area (Å²) < 4.78 is 43.1. The molecule has 5 heterocycles. The van der Waals surface area contributed by atoms with Crippen molar-refractivity contribution >= 4 is 60.8 Å². The first-order valence-electron chi connectivity index (χ1n) is 29.5. The lowest BCUT2D eigenvalue weighted by Crippen LogP contribution is -2.58. The predicted molar refractivity (Wildman–Crippen MR) is 324 cm³/mol. The highest BCUT2D eigenvalue weighted by atomic mass is 28.4. The lowest BCUT2D eigenvalue weighted by atomic mass is 9.91. The highest BCUT2D eigenvalue weighted by Gasteiger charge is 2.60. The molecule has 5 aliphatic rings. The van der Waals surface area contributed by atoms with Gasteiger partial charge in [0.2, 0.25) is 5.91 Å². The van der Waals surface area contributed by atoms with Crippen LogP contribution >= 0.6 is 0 Å². The summed E-state index contributed by atoms with van der Waals surface area (Å²) in [7, 11) is 0.369. The van der Waals surface area contributed by atoms with Crippen LogP contribution in [0, 0.1) is 24.2 Å². The van der Waals surface area contributed by atoms with Crippen LogP contribution in [0.2, 0.25) is 18.1 Å². The molecule has 85 heavy (non-hydrogen) atoms. The van der Waals surface area contributed by atoms with Gasteiger partial charge in [0.1, 0.15) is 13.2 Å². The van der Waals surface area contributed by atoms with Crippen LogP contribution in [-0.4, -0.2) is 130 Å². The summed E-state index contributed by atoms with van der Waals surface area (Å²) >= 11 is 0. The van der Waals surface area contributed by atoms with E-state index in [0.29, 0.717) is 77.7 Å². The molecular formula is C65H82N6O13Si. The van der Waals surface area contributed by atoms with Crippen molar-refractivity contribution in [2.75, 3.05) is 57.3 Å². The van der Waals surface area contributed by atoms with Crippen LogP contribution in [0.3, 0.4) is 0 Å². The van der Waals surface area contributed by atoms with E-state index in [1.54, 1.807) is 60.4 Å². The summed E-state index contributed by atoms with van der Waals surface area (Å²) in [6, 6.07) is 16.6. The van der Waals surface area contributed by atoms with E-state index in [1.807, 2.05) is 50.2 Å². The minimum absolute atomic E-state index is 0.0259. The lowest BCUT2D eigenvalue weighted by Gasteiger charge is -2.44. The third-order valence-electron chi connectivity index (χ3n) is 17.6. The summed E-state index contributed by atoms with van der Waals surface area (Å²) in [6.45, 7) is 22.8. The van der Waals surface area contributed by atoms with Gasteiger partial charge in [-0.2, -0.15) is 0 Å². The Kier molecular flexibility index (Phi) is 18.5. The normalized spacial score (nSPS) is 19.2. The number of benzene rings is 3. The minimum Gasteiger partial charge on any atom is -0.493 e. The maximum Gasteiger partial charge on any atom is 0.416 e. The molecule has 4 aliphatic heterocycles. The van der Waals surface area contributed by atoms with E-state index in [2.05, 4.69) is 56.1 Å². The number of pyridine rings is 1. The number of esters is 1. The van der Waals surface area contributed by atoms with Gasteiger partial charge in [-0.15, -0.1) is 0 Å². The summed E-state index contributed by atoms with van der Waals surface area (Å²) in [6.07, 6.45) is 7.20. The molecule has 1 unspecified atom stereocenters. The number of rotatable bonds is 23. The number of Topliss-reactive ketones (excluding diaryl/α,β-unsaturated/α-hetero) is 1. The quantitative estimate of drug-likeness (QED) is 0.0306. The summed E-state index contributed by atoms with van der Waals surface area (Å²) in [5.41, 5.74) is 5.89. The van der Waals surface area contributed by atoms with Crippen molar-refractivity contribution in [2.24, 2.45) is 17.3 Å². The fraction of sp³-hybridized carbons (Fsp3) is 0.492. The topological polar surface area (TPSA) is 214 Å². The van der Waals surface area contributed by atoms with Crippen molar-refractivity contribution < 1.29 is 61.6 Å². The van der Waals surface area contributed by atoms with Gasteiger partial charge in [0.25, 0.3) is 11.8 Å². The maximum atomic E-state index is 15.2. The molecule has 5 atom stereocenters. The number of ketones is 1. The number of amides is 4. The number of carbonyl (C=O) groups is 6. The highest BCUT2D eigenvalue weighted by molar-refractivity contribution is 6.74. The Morgan fingerprint density at radius 1 is 0.882 bits per heavy atom. The smallest absolute Gasteiger partial charge is 0.416 e. The van der Waals surface area contributed by atoms with Gasteiger partial charge in [-0.1, -0.05) is 77.6 Å². The first kappa shape index (κ1) is 61.8. The number of hydrogen-bond donors (Lipinski definition) is 2. The molecule has 454 valence electrons. The largest absolute Gasteiger partial charge is 0.493 e. The predicted octanol–water partition coefficient (Wildman–Crippen LogP) is 10.4. The molecule has 1 spiro atoms. The number of aromatic nitrogens is 1. The number of fused-ring (bicyclic) bond motifs is 4. The molecule has 20 heteroatoms. The van der Waals surface area contributed by atoms with E-state index in [0.717, 1.165) is 29.7 Å². The van der Waals surface area contributed by atoms with Gasteiger partial charge in [0.15, 0.2) is 43.3 Å². The lowest BCUT2D eigenvalue weighted by molar-refractivity contribution is -0.146. The fourth-order valence-electron chi connectivity index (χ4n) is 11.2. The maximum absolute atomic E-state index is 15.2. The molecule has 2 N–H and O–H groups in total. The standard InChI is InChI=1S/C65H82N6O13Si/c1-13-23-82-58(73)30-47(39(2)3)59(74)68-41(5)53(72)26-42-16-18-43(19-17-42)37-83-63(77)71-51-32-57(55(79-10)29-49(51)61(76)70-38-65(21-22-65)33-52(70)62(71)84-85(11,12)64(6,7)8)81-25-14-24-80-56-31-50-48(28-54(56)78-9)60(75)69-36-45(27-46(69)35-67-50)44-20-15-40(4)66-34-44/h13,15-20,28-29,31-32,34,36,39,41,46-47,52,62,67H,1,14,21-27,30,33,35,37-38H2,2-12H3,(H,68,74)/t41-,46-,47-,52-,62?/m0/s1. The summed E-state index contributed by atoms with van der Waals surface area (Å²) in [5, 5.41) is 6.00. The first-order valence-corrected chi connectivity index (χ1v) is 32.4. The fourth-order valence-corrected chi connectivity index (χ4v) is 12.4. The molecular weight excluding hydrogens is 1100 g/mol. The Morgan fingerprint density at radius 3 is 2.18 bits per heavy atom. The van der Waals surface area contributed by atoms with Crippen LogP contribution < -0.4 is 34.5 Å². The van der Waals surface area contributed by atoms with Crippen molar-refractivity contribution in [3.05, 3.63) is 119 Å². The van der Waals surface area contributed by atoms with Crippen molar-refractivity contribution in [2.45, 2.75) is 143 Å². The molecule has 1 saturated carbocycles. The molecule has 0 bridgehead atoms. The number of anilines is 2. The van der Waals surface area contributed by atoms with Crippen LogP contribution in [0.25, 0.3) is 5.57 Å². The molecule has 2 fully saturated rings. The van der Waals surface area contributed by atoms with Crippen molar-refractivity contribution in [1.82, 2.24) is 20.1 Å². The average molecular weight is 1180 g/mol. The first-order chi connectivity index (χ1) is 40.4. The number of methoxy groups -OCH3 is 2. The van der Waals surface area contributed by atoms with E-state index in [4.69, 9.17) is 32.8 Å². The van der Waals surface area contributed by atoms with Crippen LogP contribution in [0.15, 0.2) is 85.7 Å². The average Bonchev–Trinajstić information content (AvgIpc) is 1.60. The van der Waals surface area contributed by atoms with Crippen LogP contribution in [-0.2, 0) is 41.3 Å². The molecule has 0 radical (unpaired) electrons. The molecule has 19 nitrogen and oxygen atoms in total. The number of carbonyl (C=O) groups excluding carboxylic acids is 6. The van der Waals surface area contributed by atoms with Gasteiger partial charge in [-0.3, -0.25) is 29.0 Å². The van der Waals surface area contributed by atoms with Crippen LogP contribution in [0.1, 0.15) is 123 Å². The second-order valence-corrected chi connectivity index (χ2v) is 29.8. The number of hydrogen-bond acceptors (Lipinski definition) is 15. The van der Waals surface area contributed by atoms with Crippen molar-refractivity contribution in [3.8, 4) is 23.0 Å². The van der Waals surface area contributed by atoms with Gasteiger partial charge < -0.3 is 53.3 Å². The van der Waals surface area contributed by atoms with E-state index < -0.39 is 50.5 Å². The van der Waals surface area contributed by atoms with Crippen LogP contribution in [0.4, 0.5) is 16.2 Å². The van der Waals surface area contributed by atoms with E-state index >= 15 is 9.59 Å². The van der Waals surface area contributed by atoms with Gasteiger partial charge >= 0.3 is 12.1 Å². The second-order valence-electron chi connectivity index (χ2n) is 25.0. The molecule has 9 rings (SSSR count). The highest BCUT2D eigenvalue weighted by Crippen LogP contribution is 2.58. The van der Waals surface area contributed by atoms with E-state index in [-0.39, 0.29) is 90.5 Å². The van der Waals surface area contributed by atoms with Gasteiger partial charge in [-0.25, -0.2) is 9.69 Å². The number of aryl methyl sites for hydroxylation is 1.